The number of hydrogen-bond donors (Lipinski definition) is 2. The zero-order chi connectivity index (χ0) is 27.8. The molecule has 0 saturated carbocycles. The first-order valence-electron chi connectivity index (χ1n) is 13.7. The molecular weight excluding hydrogens is 512 g/mol. The molecule has 4 unspecified atom stereocenters. The van der Waals surface area contributed by atoms with Gasteiger partial charge in [-0.05, 0) is 80.7 Å². The maximum absolute atomic E-state index is 11.7. The summed E-state index contributed by atoms with van der Waals surface area (Å²) >= 11 is 6.12. The molecule has 4 atom stereocenters. The van der Waals surface area contributed by atoms with Crippen LogP contribution in [-0.2, 0) is 15.9 Å². The number of hydrogen-bond acceptors (Lipinski definition) is 6. The van der Waals surface area contributed by atoms with Crippen LogP contribution in [0.4, 0.5) is 0 Å². The molecule has 1 saturated heterocycles. The average Bonchev–Trinajstić information content (AvgIpc) is 3.05. The summed E-state index contributed by atoms with van der Waals surface area (Å²) in [7, 11) is 1.67. The Morgan fingerprint density at radius 3 is 2.69 bits per heavy atom. The van der Waals surface area contributed by atoms with Crippen LogP contribution in [0.5, 0.6) is 5.75 Å². The molecule has 2 N–H and O–H groups in total. The maximum Gasteiger partial charge on any atom is 0.126 e. The van der Waals surface area contributed by atoms with Crippen LogP contribution in [0.3, 0.4) is 0 Å². The molecule has 0 amide bonds. The zero-order valence-corrected chi connectivity index (χ0v) is 24.0. The van der Waals surface area contributed by atoms with E-state index in [1.54, 1.807) is 21.0 Å². The predicted molar refractivity (Wildman–Crippen MR) is 157 cm³/mol. The largest absolute Gasteiger partial charge is 0.491 e. The van der Waals surface area contributed by atoms with Gasteiger partial charge < -0.3 is 19.7 Å². The number of benzene rings is 2. The molecule has 5 rings (SSSR count). The molecule has 0 spiro atoms. The smallest absolute Gasteiger partial charge is 0.126 e. The summed E-state index contributed by atoms with van der Waals surface area (Å²) in [6.45, 7) is 8.07. The third-order valence-electron chi connectivity index (χ3n) is 8.51. The van der Waals surface area contributed by atoms with E-state index in [4.69, 9.17) is 26.1 Å². The lowest BCUT2D eigenvalue weighted by Gasteiger charge is -2.51. The van der Waals surface area contributed by atoms with Gasteiger partial charge in [0, 0.05) is 49.5 Å². The first-order chi connectivity index (χ1) is 18.5. The minimum Gasteiger partial charge on any atom is -0.491 e. The number of ether oxygens (including phenoxy) is 2. The molecule has 2 aromatic rings. The zero-order valence-electron chi connectivity index (χ0n) is 23.2. The molecule has 3 aliphatic heterocycles. The Hall–Kier alpha value is -2.48. The normalized spacial score (nSPS) is 30.0. The fourth-order valence-corrected chi connectivity index (χ4v) is 6.43. The highest BCUT2D eigenvalue weighted by Crippen LogP contribution is 2.44. The minimum absolute atomic E-state index is 0.0108. The third kappa shape index (κ3) is 5.46. The van der Waals surface area contributed by atoms with Crippen molar-refractivity contribution in [1.29, 1.82) is 0 Å². The van der Waals surface area contributed by atoms with E-state index in [2.05, 4.69) is 23.1 Å². The van der Waals surface area contributed by atoms with E-state index in [9.17, 15) is 10.2 Å². The number of β-amino-alcohol motifs (C(OH)–C–C–N with tert-alkyl or cyclic N) is 1. The van der Waals surface area contributed by atoms with E-state index in [1.165, 1.54) is 5.57 Å². The Kier molecular flexibility index (Phi) is 7.79. The summed E-state index contributed by atoms with van der Waals surface area (Å²) in [5.74, 6) is 0.921. The number of nitrogens with zero attached hydrogens (tertiary/aromatic N) is 2. The Morgan fingerprint density at radius 1 is 1.23 bits per heavy atom. The van der Waals surface area contributed by atoms with E-state index >= 15 is 0 Å². The molecule has 6 nitrogen and oxygen atoms in total. The number of rotatable bonds is 6. The molecular formula is C32H39ClN2O4. The SMILES string of the molecule is COC1(c2ccc(Cl)cc2)CCN(CC/C=C2/c3cc(C(C)(C)O)ccc3OCC3N=CC=CC23)CC1(C)O. The lowest BCUT2D eigenvalue weighted by Crippen LogP contribution is -2.62. The van der Waals surface area contributed by atoms with Crippen molar-refractivity contribution < 1.29 is 19.7 Å². The van der Waals surface area contributed by atoms with Gasteiger partial charge in [-0.1, -0.05) is 42.0 Å². The number of piperidine rings is 1. The van der Waals surface area contributed by atoms with Gasteiger partial charge in [-0.2, -0.15) is 0 Å². The van der Waals surface area contributed by atoms with Crippen molar-refractivity contribution in [2.24, 2.45) is 10.9 Å². The summed E-state index contributed by atoms with van der Waals surface area (Å²) in [5.41, 5.74) is 1.13. The van der Waals surface area contributed by atoms with Crippen molar-refractivity contribution in [2.75, 3.05) is 33.4 Å². The Morgan fingerprint density at radius 2 is 2.00 bits per heavy atom. The molecule has 2 aromatic carbocycles. The highest BCUT2D eigenvalue weighted by atomic mass is 35.5. The van der Waals surface area contributed by atoms with Crippen LogP contribution in [0.2, 0.25) is 5.02 Å². The summed E-state index contributed by atoms with van der Waals surface area (Å²) in [4.78, 5) is 7.00. The molecule has 7 heteroatoms. The molecule has 0 aliphatic carbocycles. The predicted octanol–water partition coefficient (Wildman–Crippen LogP) is 5.36. The third-order valence-corrected chi connectivity index (χ3v) is 8.76. The molecule has 3 heterocycles. The molecule has 39 heavy (non-hydrogen) atoms. The van der Waals surface area contributed by atoms with Crippen molar-refractivity contribution in [3.05, 3.63) is 82.4 Å². The number of dihydropyridines is 1. The van der Waals surface area contributed by atoms with Crippen LogP contribution in [0, 0.1) is 5.92 Å². The van der Waals surface area contributed by atoms with Gasteiger partial charge in [0.05, 0.1) is 11.6 Å². The van der Waals surface area contributed by atoms with E-state index < -0.39 is 16.8 Å². The number of aliphatic hydroxyl groups is 2. The molecule has 0 aromatic heterocycles. The summed E-state index contributed by atoms with van der Waals surface area (Å²) < 4.78 is 12.2. The van der Waals surface area contributed by atoms with Gasteiger partial charge in [0.25, 0.3) is 0 Å². The van der Waals surface area contributed by atoms with Crippen molar-refractivity contribution in [3.63, 3.8) is 0 Å². The average molecular weight is 551 g/mol. The first-order valence-corrected chi connectivity index (χ1v) is 14.1. The lowest BCUT2D eigenvalue weighted by atomic mass is 9.73. The van der Waals surface area contributed by atoms with Crippen LogP contribution in [0.25, 0.3) is 5.57 Å². The lowest BCUT2D eigenvalue weighted by molar-refractivity contribution is -0.202. The Balaban J connectivity index is 1.38. The number of methoxy groups -OCH3 is 1. The molecule has 3 aliphatic rings. The van der Waals surface area contributed by atoms with E-state index in [1.807, 2.05) is 55.6 Å². The monoisotopic (exact) mass is 550 g/mol. The van der Waals surface area contributed by atoms with E-state index in [-0.39, 0.29) is 12.0 Å². The number of halogens is 1. The number of aliphatic imine (C=N–C) groups is 1. The Bertz CT molecular complexity index is 1280. The number of allylic oxidation sites excluding steroid dienone is 1. The van der Waals surface area contributed by atoms with Gasteiger partial charge in [0.15, 0.2) is 0 Å². The van der Waals surface area contributed by atoms with Gasteiger partial charge in [-0.15, -0.1) is 0 Å². The van der Waals surface area contributed by atoms with E-state index in [0.29, 0.717) is 24.6 Å². The van der Waals surface area contributed by atoms with Crippen LogP contribution < -0.4 is 4.74 Å². The van der Waals surface area contributed by atoms with Gasteiger partial charge in [0.1, 0.15) is 23.6 Å². The maximum atomic E-state index is 11.7. The second-order valence-corrected chi connectivity index (χ2v) is 12.1. The second-order valence-electron chi connectivity index (χ2n) is 11.6. The number of likely N-dealkylation sites (tertiary alicyclic amines) is 1. The van der Waals surface area contributed by atoms with Gasteiger partial charge in [0.2, 0.25) is 0 Å². The standard InChI is InChI=1S/C32H39ClN2O4/c1-30(2,36)23-11-14-29-27(19-23)25(26-7-5-16-34-28(26)20-39-29)8-6-17-35-18-15-32(38-4,31(3,37)21-35)22-9-12-24(33)13-10-22/h5,7-14,16,19,26,28,36-37H,6,15,17-18,20-21H2,1-4H3/b25-8+. The van der Waals surface area contributed by atoms with Crippen LogP contribution in [0.1, 0.15) is 50.3 Å². The summed E-state index contributed by atoms with van der Waals surface area (Å²) in [5, 5.41) is 23.0. The minimum atomic E-state index is -1.09. The fraction of sp³-hybridized carbons (Fsp3) is 0.469. The summed E-state index contributed by atoms with van der Waals surface area (Å²) in [6, 6.07) is 13.6. The van der Waals surface area contributed by atoms with E-state index in [0.717, 1.165) is 42.0 Å². The topological polar surface area (TPSA) is 74.5 Å². The van der Waals surface area contributed by atoms with Crippen LogP contribution in [0.15, 0.2) is 65.7 Å². The molecule has 0 radical (unpaired) electrons. The second kappa shape index (κ2) is 10.8. The molecule has 1 fully saturated rings. The highest BCUT2D eigenvalue weighted by Gasteiger charge is 2.52. The molecule has 208 valence electrons. The fourth-order valence-electron chi connectivity index (χ4n) is 6.31. The number of fused-ring (bicyclic) bond motifs is 2. The van der Waals surface area contributed by atoms with Crippen molar-refractivity contribution in [3.8, 4) is 5.75 Å². The van der Waals surface area contributed by atoms with Gasteiger partial charge in [-0.3, -0.25) is 9.89 Å². The van der Waals surface area contributed by atoms with Crippen LogP contribution in [-0.4, -0.2) is 66.3 Å². The molecule has 0 bridgehead atoms. The first kappa shape index (κ1) is 28.1. The quantitative estimate of drug-likeness (QED) is 0.507. The van der Waals surface area contributed by atoms with Gasteiger partial charge in [-0.25, -0.2) is 0 Å². The van der Waals surface area contributed by atoms with Crippen molar-refractivity contribution >= 4 is 23.4 Å². The van der Waals surface area contributed by atoms with Crippen molar-refractivity contribution in [1.82, 2.24) is 4.90 Å². The summed E-state index contributed by atoms with van der Waals surface area (Å²) in [6.07, 6.45) is 9.81. The van der Waals surface area contributed by atoms with Crippen molar-refractivity contribution in [2.45, 2.75) is 56.5 Å². The highest BCUT2D eigenvalue weighted by molar-refractivity contribution is 6.30. The van der Waals surface area contributed by atoms with Crippen LogP contribution >= 0.6 is 11.6 Å². The Labute approximate surface area is 236 Å². The van der Waals surface area contributed by atoms with Gasteiger partial charge >= 0.3 is 0 Å².